The van der Waals surface area contributed by atoms with E-state index in [2.05, 4.69) is 6.58 Å². The van der Waals surface area contributed by atoms with Crippen molar-refractivity contribution in [3.63, 3.8) is 0 Å². The summed E-state index contributed by atoms with van der Waals surface area (Å²) in [6.45, 7) is 4.02. The zero-order valence-corrected chi connectivity index (χ0v) is 8.20. The number of carbonyl (C=O) groups excluding carboxylic acids is 1. The van der Waals surface area contributed by atoms with Crippen LogP contribution in [0.2, 0.25) is 0 Å². The second-order valence-electron chi connectivity index (χ2n) is 3.83. The van der Waals surface area contributed by atoms with Gasteiger partial charge in [-0.3, -0.25) is 4.79 Å². The van der Waals surface area contributed by atoms with Crippen molar-refractivity contribution in [2.24, 2.45) is 0 Å². The van der Waals surface area contributed by atoms with E-state index in [-0.39, 0.29) is 5.91 Å². The standard InChI is InChI=1S/C11H15NO2/c1-2-7-12-10(13)8-5-3-4-6-9(8)11(12)14/h2,10,13H,1,3-7H2. The van der Waals surface area contributed by atoms with Gasteiger partial charge in [-0.25, -0.2) is 0 Å². The molecule has 0 radical (unpaired) electrons. The van der Waals surface area contributed by atoms with Gasteiger partial charge >= 0.3 is 0 Å². The number of nitrogens with zero attached hydrogens (tertiary/aromatic N) is 1. The first kappa shape index (κ1) is 9.46. The smallest absolute Gasteiger partial charge is 0.252 e. The molecule has 0 bridgehead atoms. The van der Waals surface area contributed by atoms with E-state index < -0.39 is 6.23 Å². The van der Waals surface area contributed by atoms with E-state index in [1.54, 1.807) is 6.08 Å². The summed E-state index contributed by atoms with van der Waals surface area (Å²) in [7, 11) is 0. The summed E-state index contributed by atoms with van der Waals surface area (Å²) in [6, 6.07) is 0. The number of carbonyl (C=O) groups is 1. The monoisotopic (exact) mass is 193 g/mol. The van der Waals surface area contributed by atoms with E-state index >= 15 is 0 Å². The van der Waals surface area contributed by atoms with Crippen molar-refractivity contribution >= 4 is 5.91 Å². The van der Waals surface area contributed by atoms with Crippen LogP contribution in [0.3, 0.4) is 0 Å². The Bertz CT molecular complexity index is 306. The van der Waals surface area contributed by atoms with Gasteiger partial charge in [0.1, 0.15) is 0 Å². The van der Waals surface area contributed by atoms with Crippen LogP contribution in [-0.4, -0.2) is 28.7 Å². The van der Waals surface area contributed by atoms with Crippen LogP contribution in [0.25, 0.3) is 0 Å². The lowest BCUT2D eigenvalue weighted by Gasteiger charge is -2.20. The number of amides is 1. The minimum atomic E-state index is -0.684. The molecule has 0 spiro atoms. The van der Waals surface area contributed by atoms with E-state index in [9.17, 15) is 9.90 Å². The van der Waals surface area contributed by atoms with E-state index in [4.69, 9.17) is 0 Å². The molecule has 1 heterocycles. The molecule has 1 aliphatic carbocycles. The molecule has 3 heteroatoms. The minimum absolute atomic E-state index is 0.00657. The van der Waals surface area contributed by atoms with Crippen LogP contribution in [0.15, 0.2) is 23.8 Å². The quantitative estimate of drug-likeness (QED) is 0.669. The van der Waals surface area contributed by atoms with Crippen LogP contribution < -0.4 is 0 Å². The molecule has 14 heavy (non-hydrogen) atoms. The van der Waals surface area contributed by atoms with E-state index in [1.165, 1.54) is 4.90 Å². The molecular weight excluding hydrogens is 178 g/mol. The van der Waals surface area contributed by atoms with Gasteiger partial charge in [-0.1, -0.05) is 6.08 Å². The largest absolute Gasteiger partial charge is 0.369 e. The van der Waals surface area contributed by atoms with Gasteiger partial charge in [0.25, 0.3) is 5.91 Å². The van der Waals surface area contributed by atoms with Crippen molar-refractivity contribution in [3.05, 3.63) is 23.8 Å². The molecule has 2 rings (SSSR count). The van der Waals surface area contributed by atoms with Gasteiger partial charge in [0, 0.05) is 12.1 Å². The van der Waals surface area contributed by atoms with E-state index in [1.807, 2.05) is 0 Å². The molecule has 0 saturated heterocycles. The van der Waals surface area contributed by atoms with E-state index in [0.29, 0.717) is 6.54 Å². The van der Waals surface area contributed by atoms with Gasteiger partial charge < -0.3 is 10.0 Å². The molecule has 2 aliphatic rings. The van der Waals surface area contributed by atoms with Gasteiger partial charge in [-0.15, -0.1) is 6.58 Å². The van der Waals surface area contributed by atoms with Crippen LogP contribution in [0.1, 0.15) is 25.7 Å². The summed E-state index contributed by atoms with van der Waals surface area (Å²) >= 11 is 0. The average molecular weight is 193 g/mol. The second kappa shape index (κ2) is 3.58. The molecule has 1 amide bonds. The van der Waals surface area contributed by atoms with Crippen LogP contribution in [0, 0.1) is 0 Å². The Labute approximate surface area is 83.7 Å². The Morgan fingerprint density at radius 1 is 1.50 bits per heavy atom. The maximum absolute atomic E-state index is 11.8. The van der Waals surface area contributed by atoms with Gasteiger partial charge in [0.2, 0.25) is 0 Å². The maximum Gasteiger partial charge on any atom is 0.252 e. The van der Waals surface area contributed by atoms with Crippen molar-refractivity contribution in [2.45, 2.75) is 31.9 Å². The maximum atomic E-state index is 11.8. The van der Waals surface area contributed by atoms with Crippen LogP contribution in [0.5, 0.6) is 0 Å². The number of aliphatic hydroxyl groups is 1. The van der Waals surface area contributed by atoms with E-state index in [0.717, 1.165) is 36.8 Å². The zero-order valence-electron chi connectivity index (χ0n) is 8.20. The lowest BCUT2D eigenvalue weighted by molar-refractivity contribution is -0.131. The molecule has 0 saturated carbocycles. The third kappa shape index (κ3) is 1.28. The van der Waals surface area contributed by atoms with Crippen molar-refractivity contribution < 1.29 is 9.90 Å². The lowest BCUT2D eigenvalue weighted by Crippen LogP contribution is -2.35. The first-order chi connectivity index (χ1) is 6.75. The van der Waals surface area contributed by atoms with Crippen molar-refractivity contribution in [1.82, 2.24) is 4.90 Å². The summed E-state index contributed by atoms with van der Waals surface area (Å²) in [5, 5.41) is 9.89. The van der Waals surface area contributed by atoms with Crippen molar-refractivity contribution in [2.75, 3.05) is 6.54 Å². The van der Waals surface area contributed by atoms with Crippen LogP contribution in [0.4, 0.5) is 0 Å². The molecule has 1 N–H and O–H groups in total. The Morgan fingerprint density at radius 2 is 2.21 bits per heavy atom. The molecule has 0 aromatic rings. The summed E-state index contributed by atoms with van der Waals surface area (Å²) in [6.07, 6.45) is 4.83. The Morgan fingerprint density at radius 3 is 2.86 bits per heavy atom. The number of aliphatic hydroxyl groups excluding tert-OH is 1. The predicted molar refractivity (Wildman–Crippen MR) is 53.4 cm³/mol. The molecular formula is C11H15NO2. The highest BCUT2D eigenvalue weighted by atomic mass is 16.3. The molecule has 3 nitrogen and oxygen atoms in total. The highest BCUT2D eigenvalue weighted by molar-refractivity contribution is 5.97. The second-order valence-corrected chi connectivity index (χ2v) is 3.83. The van der Waals surface area contributed by atoms with Gasteiger partial charge in [0.05, 0.1) is 0 Å². The first-order valence-electron chi connectivity index (χ1n) is 5.07. The molecule has 0 aromatic heterocycles. The molecule has 1 aliphatic heterocycles. The SMILES string of the molecule is C=CCN1C(=O)C2=C(CCCC2)C1O. The highest BCUT2D eigenvalue weighted by Crippen LogP contribution is 2.35. The fourth-order valence-corrected chi connectivity index (χ4v) is 2.25. The number of rotatable bonds is 2. The fraction of sp³-hybridized carbons (Fsp3) is 0.545. The lowest BCUT2D eigenvalue weighted by atomic mass is 9.93. The van der Waals surface area contributed by atoms with Crippen LogP contribution in [-0.2, 0) is 4.79 Å². The van der Waals surface area contributed by atoms with Crippen molar-refractivity contribution in [1.29, 1.82) is 0 Å². The molecule has 0 fully saturated rings. The summed E-state index contributed by atoms with van der Waals surface area (Å²) < 4.78 is 0. The first-order valence-corrected chi connectivity index (χ1v) is 5.07. The summed E-state index contributed by atoms with van der Waals surface area (Å²) in [5.41, 5.74) is 1.80. The normalized spacial score (nSPS) is 26.8. The zero-order chi connectivity index (χ0) is 10.1. The summed E-state index contributed by atoms with van der Waals surface area (Å²) in [5.74, 6) is 0.00657. The van der Waals surface area contributed by atoms with Gasteiger partial charge in [-0.2, -0.15) is 0 Å². The summed E-state index contributed by atoms with van der Waals surface area (Å²) in [4.78, 5) is 13.3. The third-order valence-electron chi connectivity index (χ3n) is 2.96. The molecule has 76 valence electrons. The third-order valence-corrected chi connectivity index (χ3v) is 2.96. The molecule has 0 aromatic carbocycles. The Kier molecular flexibility index (Phi) is 2.42. The minimum Gasteiger partial charge on any atom is -0.369 e. The average Bonchev–Trinajstić information content (AvgIpc) is 2.45. The predicted octanol–water partition coefficient (Wildman–Crippen LogP) is 1.20. The molecule has 1 unspecified atom stereocenters. The highest BCUT2D eigenvalue weighted by Gasteiger charge is 2.37. The Balaban J connectivity index is 2.25. The molecule has 1 atom stereocenters. The fourth-order valence-electron chi connectivity index (χ4n) is 2.25. The topological polar surface area (TPSA) is 40.5 Å². The van der Waals surface area contributed by atoms with Crippen molar-refractivity contribution in [3.8, 4) is 0 Å². The van der Waals surface area contributed by atoms with Gasteiger partial charge in [0.15, 0.2) is 6.23 Å². The number of hydrogen-bond donors (Lipinski definition) is 1. The Hall–Kier alpha value is -1.09. The van der Waals surface area contributed by atoms with Crippen LogP contribution >= 0.6 is 0 Å². The number of hydrogen-bond acceptors (Lipinski definition) is 2. The van der Waals surface area contributed by atoms with Gasteiger partial charge in [-0.05, 0) is 31.3 Å².